The predicted molar refractivity (Wildman–Crippen MR) is 64.3 cm³/mol. The fourth-order valence-electron chi connectivity index (χ4n) is 1.31. The van der Waals surface area contributed by atoms with E-state index in [-0.39, 0.29) is 5.69 Å². The third-order valence-corrected chi connectivity index (χ3v) is 2.49. The van der Waals surface area contributed by atoms with E-state index >= 15 is 0 Å². The van der Waals surface area contributed by atoms with Gasteiger partial charge in [-0.15, -0.1) is 0 Å². The van der Waals surface area contributed by atoms with Gasteiger partial charge in [-0.1, -0.05) is 0 Å². The molecule has 2 heterocycles. The highest BCUT2D eigenvalue weighted by atomic mass is 79.9. The molecule has 17 heavy (non-hydrogen) atoms. The van der Waals surface area contributed by atoms with Crippen LogP contribution in [0.3, 0.4) is 0 Å². The van der Waals surface area contributed by atoms with Crippen LogP contribution >= 0.6 is 15.9 Å². The van der Waals surface area contributed by atoms with Crippen molar-refractivity contribution in [1.82, 2.24) is 15.0 Å². The number of carbonyl (C=O) groups excluding carboxylic acids is 1. The highest BCUT2D eigenvalue weighted by Gasteiger charge is 2.17. The van der Waals surface area contributed by atoms with Crippen LogP contribution in [0.2, 0.25) is 0 Å². The molecule has 0 bridgehead atoms. The zero-order valence-corrected chi connectivity index (χ0v) is 10.5. The molecule has 2 aromatic rings. The number of hydrogen-bond acceptors (Lipinski definition) is 5. The number of pyridine rings is 1. The first-order chi connectivity index (χ1) is 8.22. The highest BCUT2D eigenvalue weighted by molar-refractivity contribution is 9.10. The zero-order valence-electron chi connectivity index (χ0n) is 8.92. The Morgan fingerprint density at radius 3 is 2.65 bits per heavy atom. The molecule has 0 aliphatic carbocycles. The van der Waals surface area contributed by atoms with Gasteiger partial charge in [0.1, 0.15) is 4.60 Å². The second-order valence-electron chi connectivity index (χ2n) is 3.09. The topological polar surface area (TPSA) is 65.0 Å². The molecule has 2 rings (SSSR count). The van der Waals surface area contributed by atoms with Gasteiger partial charge in [0.05, 0.1) is 12.7 Å². The maximum absolute atomic E-state index is 11.6. The summed E-state index contributed by atoms with van der Waals surface area (Å²) in [6, 6.07) is 5.14. The standard InChI is InChI=1S/C11H8BrN3O2/c1-17-11(16)9-7(3-4-8(12)15-9)10-13-5-2-6-14-10/h2-6H,1H3. The molecule has 0 radical (unpaired) electrons. The molecule has 0 aliphatic rings. The molecule has 0 aromatic carbocycles. The Bertz CT molecular complexity index is 546. The van der Waals surface area contributed by atoms with E-state index in [1.54, 1.807) is 30.6 Å². The number of ether oxygens (including phenoxy) is 1. The van der Waals surface area contributed by atoms with Crippen LogP contribution in [0.1, 0.15) is 10.5 Å². The van der Waals surface area contributed by atoms with E-state index in [4.69, 9.17) is 0 Å². The second-order valence-corrected chi connectivity index (χ2v) is 3.91. The molecule has 0 amide bonds. The average molecular weight is 294 g/mol. The minimum Gasteiger partial charge on any atom is -0.464 e. The van der Waals surface area contributed by atoms with Crippen LogP contribution in [-0.4, -0.2) is 28.0 Å². The Balaban J connectivity index is 2.58. The summed E-state index contributed by atoms with van der Waals surface area (Å²) in [6.07, 6.45) is 3.21. The summed E-state index contributed by atoms with van der Waals surface area (Å²) >= 11 is 3.21. The molecule has 0 saturated heterocycles. The summed E-state index contributed by atoms with van der Waals surface area (Å²) in [7, 11) is 1.31. The molecular weight excluding hydrogens is 286 g/mol. The summed E-state index contributed by atoms with van der Waals surface area (Å²) in [5.74, 6) is -0.0818. The third kappa shape index (κ3) is 2.47. The van der Waals surface area contributed by atoms with Crippen LogP contribution < -0.4 is 0 Å². The van der Waals surface area contributed by atoms with Gasteiger partial charge in [-0.2, -0.15) is 0 Å². The molecule has 0 aliphatic heterocycles. The summed E-state index contributed by atoms with van der Waals surface area (Å²) < 4.78 is 5.23. The summed E-state index contributed by atoms with van der Waals surface area (Å²) in [4.78, 5) is 23.8. The van der Waals surface area contributed by atoms with Crippen molar-refractivity contribution in [3.8, 4) is 11.4 Å². The van der Waals surface area contributed by atoms with Gasteiger partial charge in [0.25, 0.3) is 0 Å². The monoisotopic (exact) mass is 293 g/mol. The number of halogens is 1. The molecule has 6 heteroatoms. The van der Waals surface area contributed by atoms with Crippen molar-refractivity contribution in [2.75, 3.05) is 7.11 Å². The Morgan fingerprint density at radius 1 is 1.29 bits per heavy atom. The Labute approximate surface area is 106 Å². The number of rotatable bonds is 2. The molecule has 0 spiro atoms. The molecule has 0 fully saturated rings. The lowest BCUT2D eigenvalue weighted by Crippen LogP contribution is -2.07. The summed E-state index contributed by atoms with van der Waals surface area (Å²) in [5, 5.41) is 0. The quantitative estimate of drug-likeness (QED) is 0.627. The smallest absolute Gasteiger partial charge is 0.357 e. The minimum atomic E-state index is -0.520. The van der Waals surface area contributed by atoms with E-state index < -0.39 is 5.97 Å². The first-order valence-electron chi connectivity index (χ1n) is 4.74. The van der Waals surface area contributed by atoms with E-state index in [2.05, 4.69) is 35.6 Å². The Kier molecular flexibility index (Phi) is 3.43. The molecule has 2 aromatic heterocycles. The molecular formula is C11H8BrN3O2. The zero-order chi connectivity index (χ0) is 12.3. The van der Waals surface area contributed by atoms with Crippen molar-refractivity contribution < 1.29 is 9.53 Å². The maximum Gasteiger partial charge on any atom is 0.357 e. The van der Waals surface area contributed by atoms with Gasteiger partial charge >= 0.3 is 5.97 Å². The number of nitrogens with zero attached hydrogens (tertiary/aromatic N) is 3. The fourth-order valence-corrected chi connectivity index (χ4v) is 1.62. The number of hydrogen-bond donors (Lipinski definition) is 0. The van der Waals surface area contributed by atoms with Crippen molar-refractivity contribution in [3.63, 3.8) is 0 Å². The van der Waals surface area contributed by atoms with Gasteiger partial charge in [0.15, 0.2) is 11.5 Å². The van der Waals surface area contributed by atoms with Gasteiger partial charge in [-0.05, 0) is 34.1 Å². The highest BCUT2D eigenvalue weighted by Crippen LogP contribution is 2.21. The van der Waals surface area contributed by atoms with Crippen molar-refractivity contribution >= 4 is 21.9 Å². The summed E-state index contributed by atoms with van der Waals surface area (Å²) in [6.45, 7) is 0. The van der Waals surface area contributed by atoms with Crippen LogP contribution in [0.5, 0.6) is 0 Å². The van der Waals surface area contributed by atoms with Gasteiger partial charge in [-0.3, -0.25) is 0 Å². The normalized spacial score (nSPS) is 10.0. The van der Waals surface area contributed by atoms with Crippen molar-refractivity contribution in [3.05, 3.63) is 40.9 Å². The van der Waals surface area contributed by atoms with Gasteiger partial charge < -0.3 is 4.74 Å². The molecule has 0 unspecified atom stereocenters. The van der Waals surface area contributed by atoms with Crippen LogP contribution in [-0.2, 0) is 4.74 Å². The van der Waals surface area contributed by atoms with E-state index in [1.165, 1.54) is 7.11 Å². The predicted octanol–water partition coefficient (Wildman–Crippen LogP) is 2.09. The fraction of sp³-hybridized carbons (Fsp3) is 0.0909. The Morgan fingerprint density at radius 2 is 2.00 bits per heavy atom. The number of aromatic nitrogens is 3. The number of esters is 1. The van der Waals surface area contributed by atoms with Crippen molar-refractivity contribution in [1.29, 1.82) is 0 Å². The van der Waals surface area contributed by atoms with Crippen LogP contribution in [0.4, 0.5) is 0 Å². The number of carbonyl (C=O) groups is 1. The van der Waals surface area contributed by atoms with Crippen LogP contribution in [0, 0.1) is 0 Å². The van der Waals surface area contributed by atoms with E-state index in [0.717, 1.165) is 0 Å². The van der Waals surface area contributed by atoms with Crippen LogP contribution in [0.15, 0.2) is 35.2 Å². The molecule has 0 saturated carbocycles. The lowest BCUT2D eigenvalue weighted by atomic mass is 10.2. The molecule has 86 valence electrons. The van der Waals surface area contributed by atoms with Crippen molar-refractivity contribution in [2.45, 2.75) is 0 Å². The van der Waals surface area contributed by atoms with Gasteiger partial charge in [0.2, 0.25) is 0 Å². The first kappa shape index (κ1) is 11.7. The molecule has 0 atom stereocenters. The van der Waals surface area contributed by atoms with Gasteiger partial charge in [0, 0.05) is 12.4 Å². The number of methoxy groups -OCH3 is 1. The lowest BCUT2D eigenvalue weighted by Gasteiger charge is -2.05. The second kappa shape index (κ2) is 5.01. The molecule has 5 nitrogen and oxygen atoms in total. The third-order valence-electron chi connectivity index (χ3n) is 2.05. The van der Waals surface area contributed by atoms with E-state index in [0.29, 0.717) is 16.0 Å². The molecule has 0 N–H and O–H groups in total. The van der Waals surface area contributed by atoms with E-state index in [1.807, 2.05) is 0 Å². The van der Waals surface area contributed by atoms with Crippen molar-refractivity contribution in [2.24, 2.45) is 0 Å². The SMILES string of the molecule is COC(=O)c1nc(Br)ccc1-c1ncccn1. The first-order valence-corrected chi connectivity index (χ1v) is 5.54. The van der Waals surface area contributed by atoms with Crippen LogP contribution in [0.25, 0.3) is 11.4 Å². The lowest BCUT2D eigenvalue weighted by molar-refractivity contribution is 0.0594. The largest absolute Gasteiger partial charge is 0.464 e. The Hall–Kier alpha value is -1.82. The average Bonchev–Trinajstić information content (AvgIpc) is 2.38. The minimum absolute atomic E-state index is 0.188. The maximum atomic E-state index is 11.6. The van der Waals surface area contributed by atoms with Gasteiger partial charge in [-0.25, -0.2) is 19.7 Å². The van der Waals surface area contributed by atoms with E-state index in [9.17, 15) is 4.79 Å². The summed E-state index contributed by atoms with van der Waals surface area (Å²) in [5.41, 5.74) is 0.730.